The molecule has 0 saturated heterocycles. The first kappa shape index (κ1) is 25.8. The summed E-state index contributed by atoms with van der Waals surface area (Å²) in [6.45, 7) is 0. The summed E-state index contributed by atoms with van der Waals surface area (Å²) in [5.74, 6) is -10.8. The number of urea groups is 2. The molecule has 0 aromatic carbocycles. The SMILES string of the molecule is NC1(CC(C(=O)O)C(CC2(N)O/C=C\NC(=O)N/C=C\O2)C(=O)O)O/C=C\NC(=O)N/C=C\O1. The van der Waals surface area contributed by atoms with E-state index in [1.54, 1.807) is 0 Å². The number of carbonyl (C=O) groups is 4. The molecule has 4 amide bonds. The van der Waals surface area contributed by atoms with Crippen molar-refractivity contribution in [2.45, 2.75) is 24.7 Å². The Bertz CT molecular complexity index is 790. The van der Waals surface area contributed by atoms with E-state index in [1.165, 1.54) is 0 Å². The van der Waals surface area contributed by atoms with Gasteiger partial charge < -0.3 is 50.4 Å². The smallest absolute Gasteiger partial charge is 0.322 e. The Morgan fingerprint density at radius 1 is 0.706 bits per heavy atom. The molecule has 0 radical (unpaired) electrons. The molecule has 0 fully saturated rings. The van der Waals surface area contributed by atoms with Crippen molar-refractivity contribution in [3.05, 3.63) is 49.8 Å². The van der Waals surface area contributed by atoms with Crippen LogP contribution in [-0.2, 0) is 28.5 Å². The van der Waals surface area contributed by atoms with Crippen LogP contribution in [0, 0.1) is 11.8 Å². The molecule has 2 aliphatic heterocycles. The van der Waals surface area contributed by atoms with E-state index in [1.807, 2.05) is 0 Å². The summed E-state index contributed by atoms with van der Waals surface area (Å²) in [4.78, 5) is 46.8. The molecular weight excluding hydrogens is 460 g/mol. The van der Waals surface area contributed by atoms with Gasteiger partial charge in [0.1, 0.15) is 25.0 Å². The largest absolute Gasteiger partial charge is 0.481 e. The zero-order valence-corrected chi connectivity index (χ0v) is 17.5. The number of amides is 4. The second kappa shape index (κ2) is 11.4. The van der Waals surface area contributed by atoms with Crippen LogP contribution in [-0.4, -0.2) is 46.0 Å². The van der Waals surface area contributed by atoms with Crippen molar-refractivity contribution in [3.8, 4) is 0 Å². The van der Waals surface area contributed by atoms with Crippen LogP contribution in [0.4, 0.5) is 9.59 Å². The summed E-state index contributed by atoms with van der Waals surface area (Å²) in [5, 5.41) is 28.6. The molecule has 2 rings (SSSR count). The number of rotatable bonds is 7. The van der Waals surface area contributed by atoms with Crippen molar-refractivity contribution < 1.29 is 48.3 Å². The van der Waals surface area contributed by atoms with Crippen molar-refractivity contribution in [3.63, 3.8) is 0 Å². The fourth-order valence-electron chi connectivity index (χ4n) is 2.78. The zero-order chi connectivity index (χ0) is 25.2. The first-order valence-electron chi connectivity index (χ1n) is 9.52. The molecule has 16 nitrogen and oxygen atoms in total. The van der Waals surface area contributed by atoms with Crippen LogP contribution in [0.15, 0.2) is 49.8 Å². The van der Waals surface area contributed by atoms with E-state index in [-0.39, 0.29) is 0 Å². The summed E-state index contributed by atoms with van der Waals surface area (Å²) in [6.07, 6.45) is 6.62. The van der Waals surface area contributed by atoms with Crippen LogP contribution >= 0.6 is 0 Å². The number of ether oxygens (including phenoxy) is 4. The summed E-state index contributed by atoms with van der Waals surface area (Å²) < 4.78 is 20.9. The molecule has 0 aromatic rings. The molecule has 2 unspecified atom stereocenters. The molecule has 10 N–H and O–H groups in total. The van der Waals surface area contributed by atoms with Gasteiger partial charge in [-0.2, -0.15) is 0 Å². The topological polar surface area (TPSA) is 246 Å². The quantitative estimate of drug-likeness (QED) is 0.216. The number of nitrogens with one attached hydrogen (secondary N) is 4. The molecule has 0 saturated carbocycles. The van der Waals surface area contributed by atoms with E-state index >= 15 is 0 Å². The first-order valence-corrected chi connectivity index (χ1v) is 9.52. The maximum Gasteiger partial charge on any atom is 0.322 e. The van der Waals surface area contributed by atoms with Gasteiger partial charge in [0.25, 0.3) is 0 Å². The van der Waals surface area contributed by atoms with Crippen molar-refractivity contribution >= 4 is 24.0 Å². The van der Waals surface area contributed by atoms with Crippen LogP contribution < -0.4 is 32.7 Å². The molecular formula is C18H24N6O10. The van der Waals surface area contributed by atoms with Gasteiger partial charge in [-0.05, 0) is 0 Å². The van der Waals surface area contributed by atoms with Crippen molar-refractivity contribution in [1.82, 2.24) is 21.3 Å². The third kappa shape index (κ3) is 7.92. The summed E-state index contributed by atoms with van der Waals surface area (Å²) in [7, 11) is 0. The standard InChI is InChI=1S/C18H24N6O10/c19-17(31-5-1-21-15(29)22-2-6-32-17)9-11(13(25)26)12(14(27)28)10-18(20)33-7-3-23-16(30)24-4-8-34-18/h1-8,11-12H,9-10,19-20H2,(H,25,26)(H,27,28)(H2,21,22,29)(H2,23,24,30)/b5-1-,6-2-,7-3-,8-4-. The van der Waals surface area contributed by atoms with Gasteiger partial charge in [0.2, 0.25) is 0 Å². The van der Waals surface area contributed by atoms with Crippen LogP contribution in [0.3, 0.4) is 0 Å². The van der Waals surface area contributed by atoms with Crippen molar-refractivity contribution in [1.29, 1.82) is 0 Å². The van der Waals surface area contributed by atoms with Gasteiger partial charge in [0.15, 0.2) is 0 Å². The highest BCUT2D eigenvalue weighted by Crippen LogP contribution is 2.31. The van der Waals surface area contributed by atoms with Crippen molar-refractivity contribution in [2.24, 2.45) is 23.3 Å². The minimum atomic E-state index is -2.15. The Morgan fingerprint density at radius 2 is 0.971 bits per heavy atom. The molecule has 0 bridgehead atoms. The summed E-state index contributed by atoms with van der Waals surface area (Å²) >= 11 is 0. The summed E-state index contributed by atoms with van der Waals surface area (Å²) in [6, 6.07) is -1.23. The lowest BCUT2D eigenvalue weighted by Crippen LogP contribution is -2.52. The molecule has 0 aromatic heterocycles. The third-order valence-electron chi connectivity index (χ3n) is 4.33. The number of aliphatic carboxylic acids is 2. The number of carboxylic acid groups (broad SMARTS) is 2. The maximum atomic E-state index is 12.0. The number of carboxylic acids is 2. The molecule has 34 heavy (non-hydrogen) atoms. The number of nitrogens with two attached hydrogens (primary N) is 2. The van der Waals surface area contributed by atoms with Crippen LogP contribution in [0.1, 0.15) is 12.8 Å². The van der Waals surface area contributed by atoms with Crippen LogP contribution in [0.5, 0.6) is 0 Å². The average Bonchev–Trinajstić information content (AvgIpc) is 2.77. The highest BCUT2D eigenvalue weighted by atomic mass is 16.7. The molecule has 16 heteroatoms. The first-order chi connectivity index (χ1) is 16.0. The summed E-state index contributed by atoms with van der Waals surface area (Å²) in [5.41, 5.74) is 12.0. The van der Waals surface area contributed by atoms with Gasteiger partial charge in [-0.25, -0.2) is 9.59 Å². The second-order valence-electron chi connectivity index (χ2n) is 6.84. The van der Waals surface area contributed by atoms with E-state index in [9.17, 15) is 29.4 Å². The predicted octanol–water partition coefficient (Wildman–Crippen LogP) is -1.03. The van der Waals surface area contributed by atoms with E-state index in [2.05, 4.69) is 21.3 Å². The maximum absolute atomic E-state index is 12.0. The average molecular weight is 484 g/mol. The Morgan fingerprint density at radius 3 is 1.21 bits per heavy atom. The van der Waals surface area contributed by atoms with E-state index in [0.29, 0.717) is 0 Å². The molecule has 0 spiro atoms. The molecule has 2 heterocycles. The molecule has 186 valence electrons. The van der Waals surface area contributed by atoms with Gasteiger partial charge in [-0.3, -0.25) is 21.1 Å². The molecule has 2 atom stereocenters. The number of carbonyl (C=O) groups excluding carboxylic acids is 2. The van der Waals surface area contributed by atoms with Gasteiger partial charge in [-0.1, -0.05) is 0 Å². The fraction of sp³-hybridized carbons (Fsp3) is 0.333. The van der Waals surface area contributed by atoms with E-state index < -0.39 is 60.5 Å². The monoisotopic (exact) mass is 484 g/mol. The second-order valence-corrected chi connectivity index (χ2v) is 6.84. The van der Waals surface area contributed by atoms with Crippen molar-refractivity contribution in [2.75, 3.05) is 0 Å². The van der Waals surface area contributed by atoms with Crippen LogP contribution in [0.2, 0.25) is 0 Å². The lowest BCUT2D eigenvalue weighted by molar-refractivity contribution is -0.207. The van der Waals surface area contributed by atoms with Gasteiger partial charge in [0.05, 0.1) is 24.7 Å². The Balaban J connectivity index is 2.27. The number of hydrogen-bond acceptors (Lipinski definition) is 10. The van der Waals surface area contributed by atoms with Crippen LogP contribution in [0.25, 0.3) is 0 Å². The zero-order valence-electron chi connectivity index (χ0n) is 17.5. The predicted molar refractivity (Wildman–Crippen MR) is 110 cm³/mol. The Kier molecular flexibility index (Phi) is 8.68. The van der Waals surface area contributed by atoms with Gasteiger partial charge in [-0.15, -0.1) is 0 Å². The molecule has 0 aliphatic carbocycles. The number of hydrogen-bond donors (Lipinski definition) is 8. The van der Waals surface area contributed by atoms with E-state index in [4.69, 9.17) is 30.4 Å². The minimum absolute atomic E-state index is 0.615. The van der Waals surface area contributed by atoms with Gasteiger partial charge in [0, 0.05) is 24.8 Å². The highest BCUT2D eigenvalue weighted by molar-refractivity contribution is 5.80. The normalized spacial score (nSPS) is 24.5. The lowest BCUT2D eigenvalue weighted by atomic mass is 9.84. The van der Waals surface area contributed by atoms with Gasteiger partial charge >= 0.3 is 35.8 Å². The lowest BCUT2D eigenvalue weighted by Gasteiger charge is -2.35. The highest BCUT2D eigenvalue weighted by Gasteiger charge is 2.46. The molecule has 2 aliphatic rings. The Hall–Kier alpha value is -4.44. The minimum Gasteiger partial charge on any atom is -0.481 e. The Labute approximate surface area is 192 Å². The third-order valence-corrected chi connectivity index (χ3v) is 4.33. The van der Waals surface area contributed by atoms with E-state index in [0.717, 1.165) is 49.8 Å². The fourth-order valence-corrected chi connectivity index (χ4v) is 2.78.